The van der Waals surface area contributed by atoms with Crippen LogP contribution in [0.4, 0.5) is 11.4 Å². The molecule has 1 aliphatic heterocycles. The molecule has 1 fully saturated rings. The molecule has 3 heteroatoms. The van der Waals surface area contributed by atoms with Crippen LogP contribution in [0.3, 0.4) is 0 Å². The first-order valence-electron chi connectivity index (χ1n) is 12.2. The summed E-state index contributed by atoms with van der Waals surface area (Å²) in [6.45, 7) is 4.06. The highest BCUT2D eigenvalue weighted by molar-refractivity contribution is 5.64. The molecule has 3 nitrogen and oxygen atoms in total. The minimum Gasteiger partial charge on any atom is -0.508 e. The Hall–Kier alpha value is -3.56. The molecule has 1 heterocycles. The molecular formula is C31H32N2O. The smallest absolute Gasteiger partial charge is 0.117 e. The topological polar surface area (TPSA) is 26.7 Å². The number of anilines is 2. The van der Waals surface area contributed by atoms with Gasteiger partial charge in [0, 0.05) is 43.6 Å². The quantitative estimate of drug-likeness (QED) is 0.332. The molecule has 172 valence electrons. The predicted molar refractivity (Wildman–Crippen MR) is 140 cm³/mol. The van der Waals surface area contributed by atoms with Crippen LogP contribution in [0.1, 0.15) is 11.1 Å². The van der Waals surface area contributed by atoms with E-state index in [0.717, 1.165) is 44.0 Å². The molecule has 34 heavy (non-hydrogen) atoms. The van der Waals surface area contributed by atoms with Crippen molar-refractivity contribution in [3.63, 3.8) is 0 Å². The number of nitrogens with zero attached hydrogens (tertiary/aromatic N) is 2. The Morgan fingerprint density at radius 2 is 1.24 bits per heavy atom. The van der Waals surface area contributed by atoms with Crippen LogP contribution in [-0.4, -0.2) is 29.6 Å². The van der Waals surface area contributed by atoms with Gasteiger partial charge < -0.3 is 10.0 Å². The van der Waals surface area contributed by atoms with Gasteiger partial charge in [0.15, 0.2) is 0 Å². The number of para-hydroxylation sites is 1. The van der Waals surface area contributed by atoms with Crippen LogP contribution < -0.4 is 4.90 Å². The zero-order valence-electron chi connectivity index (χ0n) is 19.5. The van der Waals surface area contributed by atoms with Crippen molar-refractivity contribution >= 4 is 11.4 Å². The largest absolute Gasteiger partial charge is 0.508 e. The maximum Gasteiger partial charge on any atom is 0.117 e. The molecule has 0 bridgehead atoms. The lowest BCUT2D eigenvalue weighted by Crippen LogP contribution is -2.30. The summed E-state index contributed by atoms with van der Waals surface area (Å²) < 4.78 is 0. The molecular weight excluding hydrogens is 416 g/mol. The fraction of sp³-hybridized carbons (Fsp3) is 0.226. The van der Waals surface area contributed by atoms with Crippen LogP contribution in [0.2, 0.25) is 0 Å². The molecule has 4 aromatic rings. The molecule has 0 aliphatic carbocycles. The lowest BCUT2D eigenvalue weighted by atomic mass is 9.89. The van der Waals surface area contributed by atoms with E-state index in [1.807, 2.05) is 12.1 Å². The summed E-state index contributed by atoms with van der Waals surface area (Å²) in [6.07, 6.45) is 1.08. The number of hydrogen-bond acceptors (Lipinski definition) is 3. The number of hydrogen-bond donors (Lipinski definition) is 1. The van der Waals surface area contributed by atoms with E-state index in [1.54, 1.807) is 6.07 Å². The second-order valence-electron chi connectivity index (χ2n) is 9.36. The lowest BCUT2D eigenvalue weighted by Gasteiger charge is -2.30. The molecule has 4 aromatic carbocycles. The normalized spacial score (nSPS) is 18.1. The van der Waals surface area contributed by atoms with Gasteiger partial charge in [0.05, 0.1) is 0 Å². The average Bonchev–Trinajstić information content (AvgIpc) is 3.24. The van der Waals surface area contributed by atoms with E-state index < -0.39 is 0 Å². The van der Waals surface area contributed by atoms with Crippen LogP contribution in [0.15, 0.2) is 115 Å². The molecule has 1 saturated heterocycles. The van der Waals surface area contributed by atoms with Gasteiger partial charge in [-0.25, -0.2) is 0 Å². The van der Waals surface area contributed by atoms with Crippen LogP contribution in [-0.2, 0) is 13.0 Å². The molecule has 0 saturated carbocycles. The Kier molecular flexibility index (Phi) is 6.92. The standard InChI is InChI=1S/C31H32N2O/c34-31-18-10-17-30(20-31)33(29-15-8-3-9-16-29)24-28-23-32(21-26-13-6-2-7-14-26)22-27(28)19-25-11-4-1-5-12-25/h1-18,20,27-28,34H,19,21-24H2. The Labute approximate surface area is 202 Å². The van der Waals surface area contributed by atoms with Crippen LogP contribution in [0.25, 0.3) is 0 Å². The zero-order valence-corrected chi connectivity index (χ0v) is 19.5. The van der Waals surface area contributed by atoms with Gasteiger partial charge >= 0.3 is 0 Å². The third kappa shape index (κ3) is 5.49. The third-order valence-electron chi connectivity index (χ3n) is 6.87. The van der Waals surface area contributed by atoms with E-state index in [-0.39, 0.29) is 0 Å². The number of likely N-dealkylation sites (tertiary alicyclic amines) is 1. The van der Waals surface area contributed by atoms with Crippen LogP contribution >= 0.6 is 0 Å². The highest BCUT2D eigenvalue weighted by atomic mass is 16.3. The zero-order chi connectivity index (χ0) is 23.2. The molecule has 0 radical (unpaired) electrons. The second-order valence-corrected chi connectivity index (χ2v) is 9.36. The summed E-state index contributed by atoms with van der Waals surface area (Å²) in [5.41, 5.74) is 4.97. The fourth-order valence-electron chi connectivity index (χ4n) is 5.22. The van der Waals surface area contributed by atoms with Crippen molar-refractivity contribution in [1.82, 2.24) is 4.90 Å². The number of phenols is 1. The number of aromatic hydroxyl groups is 1. The number of benzene rings is 4. The van der Waals surface area contributed by atoms with Gasteiger partial charge in [0.2, 0.25) is 0 Å². The van der Waals surface area contributed by atoms with Crippen molar-refractivity contribution in [3.05, 3.63) is 126 Å². The first kappa shape index (κ1) is 22.2. The van der Waals surface area contributed by atoms with E-state index in [1.165, 1.54) is 11.1 Å². The summed E-state index contributed by atoms with van der Waals surface area (Å²) >= 11 is 0. The number of phenolic OH excluding ortho intramolecular Hbond substituents is 1. The van der Waals surface area contributed by atoms with E-state index >= 15 is 0 Å². The molecule has 1 N–H and O–H groups in total. The van der Waals surface area contributed by atoms with Crippen molar-refractivity contribution in [3.8, 4) is 5.75 Å². The minimum absolute atomic E-state index is 0.302. The maximum atomic E-state index is 10.2. The van der Waals surface area contributed by atoms with Gasteiger partial charge in [0.25, 0.3) is 0 Å². The molecule has 0 amide bonds. The Balaban J connectivity index is 1.42. The van der Waals surface area contributed by atoms with E-state index in [2.05, 4.69) is 107 Å². The van der Waals surface area contributed by atoms with Crippen molar-refractivity contribution in [2.75, 3.05) is 24.5 Å². The summed E-state index contributed by atoms with van der Waals surface area (Å²) in [5, 5.41) is 10.2. The van der Waals surface area contributed by atoms with Crippen molar-refractivity contribution < 1.29 is 5.11 Å². The average molecular weight is 449 g/mol. The highest BCUT2D eigenvalue weighted by Gasteiger charge is 2.34. The predicted octanol–water partition coefficient (Wildman–Crippen LogP) is 6.52. The molecule has 2 unspecified atom stereocenters. The Morgan fingerprint density at radius 1 is 0.647 bits per heavy atom. The van der Waals surface area contributed by atoms with E-state index in [0.29, 0.717) is 17.6 Å². The summed E-state index contributed by atoms with van der Waals surface area (Å²) in [5.74, 6) is 1.37. The first-order chi connectivity index (χ1) is 16.7. The Morgan fingerprint density at radius 3 is 1.91 bits per heavy atom. The summed E-state index contributed by atoms with van der Waals surface area (Å²) in [7, 11) is 0. The van der Waals surface area contributed by atoms with Gasteiger partial charge in [-0.15, -0.1) is 0 Å². The Bertz CT molecular complexity index is 1160. The van der Waals surface area contributed by atoms with Gasteiger partial charge in [-0.2, -0.15) is 0 Å². The SMILES string of the molecule is Oc1cccc(N(CC2CN(Cc3ccccc3)CC2Cc2ccccc2)c2ccccc2)c1. The maximum absolute atomic E-state index is 10.2. The van der Waals surface area contributed by atoms with Crippen LogP contribution in [0.5, 0.6) is 5.75 Å². The van der Waals surface area contributed by atoms with E-state index in [9.17, 15) is 5.11 Å². The van der Waals surface area contributed by atoms with Crippen LogP contribution in [0, 0.1) is 11.8 Å². The van der Waals surface area contributed by atoms with E-state index in [4.69, 9.17) is 0 Å². The van der Waals surface area contributed by atoms with Crippen molar-refractivity contribution in [2.24, 2.45) is 11.8 Å². The molecule has 1 aliphatic rings. The van der Waals surface area contributed by atoms with Crippen molar-refractivity contribution in [1.29, 1.82) is 0 Å². The van der Waals surface area contributed by atoms with Gasteiger partial charge in [-0.05, 0) is 53.6 Å². The monoisotopic (exact) mass is 448 g/mol. The second kappa shape index (κ2) is 10.6. The first-order valence-corrected chi connectivity index (χ1v) is 12.2. The lowest BCUT2D eigenvalue weighted by molar-refractivity contribution is 0.313. The van der Waals surface area contributed by atoms with Gasteiger partial charge in [-0.3, -0.25) is 4.90 Å². The highest BCUT2D eigenvalue weighted by Crippen LogP contribution is 2.34. The minimum atomic E-state index is 0.302. The molecule has 2 atom stereocenters. The summed E-state index contributed by atoms with van der Waals surface area (Å²) in [4.78, 5) is 4.98. The van der Waals surface area contributed by atoms with Gasteiger partial charge in [-0.1, -0.05) is 84.9 Å². The molecule has 5 rings (SSSR count). The molecule has 0 spiro atoms. The molecule has 0 aromatic heterocycles. The van der Waals surface area contributed by atoms with Crippen molar-refractivity contribution in [2.45, 2.75) is 13.0 Å². The summed E-state index contributed by atoms with van der Waals surface area (Å²) in [6, 6.07) is 39.9. The third-order valence-corrected chi connectivity index (χ3v) is 6.87. The van der Waals surface area contributed by atoms with Gasteiger partial charge in [0.1, 0.15) is 5.75 Å². The number of rotatable bonds is 8. The fourth-order valence-corrected chi connectivity index (χ4v) is 5.22.